The van der Waals surface area contributed by atoms with E-state index in [4.69, 9.17) is 4.74 Å². The maximum atomic E-state index is 13.6. The molecule has 0 bridgehead atoms. The summed E-state index contributed by atoms with van der Waals surface area (Å²) in [4.78, 5) is 43.1. The first kappa shape index (κ1) is 27.0. The van der Waals surface area contributed by atoms with Gasteiger partial charge in [0.2, 0.25) is 11.8 Å². The summed E-state index contributed by atoms with van der Waals surface area (Å²) < 4.78 is 5.71. The topological polar surface area (TPSA) is 79.0 Å². The van der Waals surface area contributed by atoms with Crippen LogP contribution >= 0.6 is 0 Å². The molecule has 2 atom stereocenters. The molecule has 2 amide bonds. The monoisotopic (exact) mass is 477 g/mol. The Kier molecular flexibility index (Phi) is 10.2. The Balaban J connectivity index is 1.54. The molecule has 1 N–H and O–H groups in total. The normalized spacial score (nSPS) is 24.1. The van der Waals surface area contributed by atoms with Crippen LogP contribution < -0.4 is 5.32 Å². The van der Waals surface area contributed by atoms with E-state index in [1.807, 2.05) is 9.80 Å². The van der Waals surface area contributed by atoms with E-state index < -0.39 is 6.04 Å². The van der Waals surface area contributed by atoms with Gasteiger partial charge >= 0.3 is 5.97 Å². The predicted molar refractivity (Wildman–Crippen MR) is 133 cm³/mol. The Morgan fingerprint density at radius 3 is 2.26 bits per heavy atom. The van der Waals surface area contributed by atoms with Crippen molar-refractivity contribution in [3.8, 4) is 0 Å². The van der Waals surface area contributed by atoms with Gasteiger partial charge in [0, 0.05) is 32.6 Å². The minimum absolute atomic E-state index is 0.0688. The van der Waals surface area contributed by atoms with Crippen LogP contribution in [0.15, 0.2) is 0 Å². The smallest absolute Gasteiger partial charge is 0.306 e. The van der Waals surface area contributed by atoms with E-state index in [2.05, 4.69) is 33.0 Å². The van der Waals surface area contributed by atoms with Gasteiger partial charge in [0.15, 0.2) is 0 Å². The largest absolute Gasteiger partial charge is 0.462 e. The van der Waals surface area contributed by atoms with Gasteiger partial charge in [-0.25, -0.2) is 0 Å². The zero-order valence-corrected chi connectivity index (χ0v) is 21.9. The zero-order valence-electron chi connectivity index (χ0n) is 21.9. The second-order valence-electron chi connectivity index (χ2n) is 11.5. The van der Waals surface area contributed by atoms with Crippen LogP contribution in [-0.2, 0) is 19.1 Å². The van der Waals surface area contributed by atoms with Crippen LogP contribution in [0.4, 0.5) is 0 Å². The molecule has 0 aromatic rings. The van der Waals surface area contributed by atoms with Gasteiger partial charge in [0.25, 0.3) is 0 Å². The van der Waals surface area contributed by atoms with Gasteiger partial charge in [-0.05, 0) is 69.1 Å². The average molecular weight is 478 g/mol. The third-order valence-corrected chi connectivity index (χ3v) is 7.62. The lowest BCUT2D eigenvalue weighted by Crippen LogP contribution is -2.62. The van der Waals surface area contributed by atoms with E-state index in [9.17, 15) is 14.4 Å². The molecule has 34 heavy (non-hydrogen) atoms. The summed E-state index contributed by atoms with van der Waals surface area (Å²) in [5.41, 5.74) is 0. The summed E-state index contributed by atoms with van der Waals surface area (Å²) in [5, 5.41) is 3.35. The number of ether oxygens (including phenoxy) is 1. The molecular formula is C27H47N3O4. The number of rotatable bonds is 9. The number of hydrogen-bond acceptors (Lipinski definition) is 5. The molecule has 0 unspecified atom stereocenters. The minimum Gasteiger partial charge on any atom is -0.462 e. The Labute approximate surface area is 206 Å². The molecule has 7 heteroatoms. The van der Waals surface area contributed by atoms with Gasteiger partial charge in [-0.1, -0.05) is 34.1 Å². The van der Waals surface area contributed by atoms with Crippen LogP contribution in [0.5, 0.6) is 0 Å². The number of nitrogens with one attached hydrogen (secondary N) is 1. The Bertz CT molecular complexity index is 681. The molecule has 3 fully saturated rings. The van der Waals surface area contributed by atoms with Crippen molar-refractivity contribution in [2.45, 2.75) is 110 Å². The fraction of sp³-hybridized carbons (Fsp3) is 0.889. The molecule has 0 aromatic heterocycles. The molecule has 3 aliphatic rings. The third kappa shape index (κ3) is 7.69. The van der Waals surface area contributed by atoms with Crippen LogP contribution in [0.25, 0.3) is 0 Å². The number of carbonyl (C=O) groups is 3. The quantitative estimate of drug-likeness (QED) is 0.512. The van der Waals surface area contributed by atoms with Gasteiger partial charge in [0.1, 0.15) is 12.1 Å². The lowest BCUT2D eigenvalue weighted by molar-refractivity contribution is -0.153. The van der Waals surface area contributed by atoms with Gasteiger partial charge in [-0.2, -0.15) is 0 Å². The molecular weight excluding hydrogens is 430 g/mol. The van der Waals surface area contributed by atoms with Crippen LogP contribution in [-0.4, -0.2) is 72.0 Å². The first-order valence-corrected chi connectivity index (χ1v) is 13.8. The third-order valence-electron chi connectivity index (χ3n) is 7.62. The molecule has 3 rings (SSSR count). The molecule has 0 radical (unpaired) electrons. The van der Waals surface area contributed by atoms with Crippen molar-refractivity contribution in [3.05, 3.63) is 0 Å². The number of piperazine rings is 1. The minimum atomic E-state index is -0.392. The summed E-state index contributed by atoms with van der Waals surface area (Å²) in [6.45, 7) is 11.1. The number of piperidine rings is 1. The van der Waals surface area contributed by atoms with E-state index in [0.29, 0.717) is 44.3 Å². The Morgan fingerprint density at radius 2 is 1.65 bits per heavy atom. The highest BCUT2D eigenvalue weighted by molar-refractivity contribution is 5.90. The number of amides is 2. The second kappa shape index (κ2) is 12.9. The fourth-order valence-electron chi connectivity index (χ4n) is 5.75. The number of carbonyl (C=O) groups excluding carboxylic acids is 3. The molecule has 1 aliphatic carbocycles. The molecule has 1 saturated carbocycles. The van der Waals surface area contributed by atoms with Crippen molar-refractivity contribution in [1.82, 2.24) is 15.1 Å². The van der Waals surface area contributed by atoms with E-state index in [1.54, 1.807) is 0 Å². The molecule has 0 spiro atoms. The van der Waals surface area contributed by atoms with Crippen molar-refractivity contribution >= 4 is 17.8 Å². The summed E-state index contributed by atoms with van der Waals surface area (Å²) in [7, 11) is 0. The van der Waals surface area contributed by atoms with Crippen molar-refractivity contribution in [2.75, 3.05) is 26.2 Å². The standard InChI is InChI=1S/C27H47N3O4/c1-19(2)16-23-26(32)30(15-12-28-23)24(17-20(3)4)27(33)29-13-10-21(11-14-29)18-25(31)34-22-8-6-5-7-9-22/h19-24,28H,5-18H2,1-4H3/t23-,24-/m0/s1. The van der Waals surface area contributed by atoms with Crippen molar-refractivity contribution in [1.29, 1.82) is 0 Å². The van der Waals surface area contributed by atoms with Crippen molar-refractivity contribution in [2.24, 2.45) is 17.8 Å². The van der Waals surface area contributed by atoms with Crippen LogP contribution in [0.3, 0.4) is 0 Å². The van der Waals surface area contributed by atoms with Gasteiger partial charge in [-0.3, -0.25) is 14.4 Å². The zero-order chi connectivity index (χ0) is 24.7. The Hall–Kier alpha value is -1.63. The summed E-state index contributed by atoms with van der Waals surface area (Å²) in [5.74, 6) is 1.10. The summed E-state index contributed by atoms with van der Waals surface area (Å²) >= 11 is 0. The maximum Gasteiger partial charge on any atom is 0.306 e. The second-order valence-corrected chi connectivity index (χ2v) is 11.5. The summed E-state index contributed by atoms with van der Waals surface area (Å²) in [6.07, 6.45) is 9.25. The van der Waals surface area contributed by atoms with Gasteiger partial charge in [0.05, 0.1) is 6.04 Å². The van der Waals surface area contributed by atoms with E-state index >= 15 is 0 Å². The van der Waals surface area contributed by atoms with Gasteiger partial charge < -0.3 is 19.9 Å². The number of hydrogen-bond donors (Lipinski definition) is 1. The first-order chi connectivity index (χ1) is 16.2. The molecule has 2 aliphatic heterocycles. The highest BCUT2D eigenvalue weighted by Crippen LogP contribution is 2.26. The first-order valence-electron chi connectivity index (χ1n) is 13.8. The SMILES string of the molecule is CC(C)C[C@@H]1NCCN([C@@H](CC(C)C)C(=O)N2CCC(CC(=O)OC3CCCCC3)CC2)C1=O. The van der Waals surface area contributed by atoms with Crippen LogP contribution in [0, 0.1) is 17.8 Å². The molecule has 194 valence electrons. The van der Waals surface area contributed by atoms with Crippen LogP contribution in [0.1, 0.15) is 91.9 Å². The lowest BCUT2D eigenvalue weighted by atomic mass is 9.91. The predicted octanol–water partition coefficient (Wildman–Crippen LogP) is 3.75. The van der Waals surface area contributed by atoms with Crippen molar-refractivity contribution < 1.29 is 19.1 Å². The van der Waals surface area contributed by atoms with E-state index in [0.717, 1.165) is 51.5 Å². The maximum absolute atomic E-state index is 13.6. The average Bonchev–Trinajstić information content (AvgIpc) is 2.79. The lowest BCUT2D eigenvalue weighted by Gasteiger charge is -2.42. The number of nitrogens with zero attached hydrogens (tertiary/aromatic N) is 2. The molecule has 2 heterocycles. The Morgan fingerprint density at radius 1 is 0.971 bits per heavy atom. The molecule has 2 saturated heterocycles. The number of esters is 1. The highest BCUT2D eigenvalue weighted by Gasteiger charge is 2.39. The van der Waals surface area contributed by atoms with Crippen molar-refractivity contribution in [3.63, 3.8) is 0 Å². The van der Waals surface area contributed by atoms with E-state index in [1.165, 1.54) is 6.42 Å². The number of likely N-dealkylation sites (tertiary alicyclic amines) is 1. The molecule has 0 aromatic carbocycles. The van der Waals surface area contributed by atoms with Crippen LogP contribution in [0.2, 0.25) is 0 Å². The van der Waals surface area contributed by atoms with Gasteiger partial charge in [-0.15, -0.1) is 0 Å². The summed E-state index contributed by atoms with van der Waals surface area (Å²) in [6, 6.07) is -0.589. The fourth-order valence-corrected chi connectivity index (χ4v) is 5.75. The highest BCUT2D eigenvalue weighted by atomic mass is 16.5. The van der Waals surface area contributed by atoms with E-state index in [-0.39, 0.29) is 35.8 Å². The molecule has 7 nitrogen and oxygen atoms in total.